The molecular formula is C26H20F2N2O5S. The SMILES string of the molecule is C=CCOC(=O)c1sc(N2C(=O)C(=O)C(=C(O)c3ccc(C)c(F)c3)[C@H]2c2cccc(F)c2)nc1C. The molecule has 2 heterocycles. The number of Topliss-reactive ketones (excluding diaryl/α,β-unsaturated/α-hetero) is 1. The maximum Gasteiger partial charge on any atom is 0.350 e. The molecule has 0 radical (unpaired) electrons. The minimum absolute atomic E-state index is 0.0245. The van der Waals surface area contributed by atoms with Crippen LogP contribution in [0.2, 0.25) is 0 Å². The molecule has 184 valence electrons. The number of carbonyl (C=O) groups is 3. The van der Waals surface area contributed by atoms with Crippen molar-refractivity contribution in [2.24, 2.45) is 0 Å². The van der Waals surface area contributed by atoms with Crippen LogP contribution in [0.4, 0.5) is 13.9 Å². The molecule has 1 atom stereocenters. The number of ether oxygens (including phenoxy) is 1. The van der Waals surface area contributed by atoms with Crippen LogP contribution in [0.5, 0.6) is 0 Å². The number of aliphatic hydroxyl groups is 1. The maximum absolute atomic E-state index is 14.2. The number of esters is 1. The highest BCUT2D eigenvalue weighted by atomic mass is 32.1. The molecule has 1 amide bonds. The first-order valence-corrected chi connectivity index (χ1v) is 11.5. The zero-order valence-corrected chi connectivity index (χ0v) is 20.1. The van der Waals surface area contributed by atoms with Gasteiger partial charge in [0.25, 0.3) is 5.78 Å². The molecule has 2 aromatic carbocycles. The predicted octanol–water partition coefficient (Wildman–Crippen LogP) is 5.01. The van der Waals surface area contributed by atoms with Gasteiger partial charge in [-0.3, -0.25) is 14.5 Å². The summed E-state index contributed by atoms with van der Waals surface area (Å²) in [6, 6.07) is 7.76. The highest BCUT2D eigenvalue weighted by molar-refractivity contribution is 7.17. The number of aryl methyl sites for hydroxylation is 2. The molecule has 7 nitrogen and oxygen atoms in total. The van der Waals surface area contributed by atoms with E-state index in [0.717, 1.165) is 28.4 Å². The summed E-state index contributed by atoms with van der Waals surface area (Å²) in [4.78, 5) is 44.2. The smallest absolute Gasteiger partial charge is 0.350 e. The van der Waals surface area contributed by atoms with Gasteiger partial charge in [-0.1, -0.05) is 48.3 Å². The predicted molar refractivity (Wildman–Crippen MR) is 130 cm³/mol. The molecule has 1 aliphatic heterocycles. The molecule has 1 saturated heterocycles. The van der Waals surface area contributed by atoms with E-state index in [1.54, 1.807) is 0 Å². The number of carbonyl (C=O) groups excluding carboxylic acids is 3. The normalized spacial score (nSPS) is 16.9. The number of aromatic nitrogens is 1. The van der Waals surface area contributed by atoms with E-state index in [0.29, 0.717) is 5.56 Å². The van der Waals surface area contributed by atoms with Crippen LogP contribution in [0.3, 0.4) is 0 Å². The largest absolute Gasteiger partial charge is 0.507 e. The van der Waals surface area contributed by atoms with Gasteiger partial charge >= 0.3 is 11.9 Å². The standard InChI is InChI=1S/C26H20F2N2O5S/c1-4-10-35-25(34)23-14(3)29-26(36-23)30-20(15-6-5-7-17(27)11-15)19(22(32)24(30)33)21(31)16-9-8-13(2)18(28)12-16/h4-9,11-12,20,31H,1,10H2,2-3H3/t20-/m1/s1. The number of thiazole rings is 1. The number of anilines is 1. The Kier molecular flexibility index (Phi) is 6.80. The fourth-order valence-electron chi connectivity index (χ4n) is 3.79. The molecule has 36 heavy (non-hydrogen) atoms. The number of hydrogen-bond donors (Lipinski definition) is 1. The molecule has 0 unspecified atom stereocenters. The monoisotopic (exact) mass is 510 g/mol. The second-order valence-electron chi connectivity index (χ2n) is 7.99. The Bertz CT molecular complexity index is 1450. The first-order chi connectivity index (χ1) is 17.1. The molecule has 1 fully saturated rings. The van der Waals surface area contributed by atoms with Crippen molar-refractivity contribution in [3.8, 4) is 0 Å². The summed E-state index contributed by atoms with van der Waals surface area (Å²) < 4.78 is 33.5. The Morgan fingerprint density at radius 1 is 1.22 bits per heavy atom. The summed E-state index contributed by atoms with van der Waals surface area (Å²) in [7, 11) is 0. The molecule has 0 saturated carbocycles. The van der Waals surface area contributed by atoms with E-state index in [1.165, 1.54) is 50.3 Å². The van der Waals surface area contributed by atoms with Crippen LogP contribution in [0, 0.1) is 25.5 Å². The molecule has 0 aliphatic carbocycles. The summed E-state index contributed by atoms with van der Waals surface area (Å²) in [5.74, 6) is -4.67. The topological polar surface area (TPSA) is 96.8 Å². The lowest BCUT2D eigenvalue weighted by Crippen LogP contribution is -2.29. The van der Waals surface area contributed by atoms with Crippen molar-refractivity contribution < 1.29 is 33.0 Å². The molecule has 1 aliphatic rings. The second kappa shape index (κ2) is 9.82. The van der Waals surface area contributed by atoms with Crippen molar-refractivity contribution in [3.63, 3.8) is 0 Å². The Morgan fingerprint density at radius 3 is 2.64 bits per heavy atom. The van der Waals surface area contributed by atoms with E-state index in [1.807, 2.05) is 0 Å². The second-order valence-corrected chi connectivity index (χ2v) is 8.96. The van der Waals surface area contributed by atoms with Crippen LogP contribution < -0.4 is 4.90 Å². The molecule has 0 spiro atoms. The van der Waals surface area contributed by atoms with Crippen LogP contribution in [-0.2, 0) is 14.3 Å². The fraction of sp³-hybridized carbons (Fsp3) is 0.154. The highest BCUT2D eigenvalue weighted by Gasteiger charge is 2.48. The van der Waals surface area contributed by atoms with E-state index in [9.17, 15) is 28.3 Å². The van der Waals surface area contributed by atoms with Gasteiger partial charge in [-0.15, -0.1) is 0 Å². The number of halogens is 2. The lowest BCUT2D eigenvalue weighted by Gasteiger charge is -2.23. The van der Waals surface area contributed by atoms with Gasteiger partial charge in [-0.25, -0.2) is 18.6 Å². The fourth-order valence-corrected chi connectivity index (χ4v) is 4.78. The van der Waals surface area contributed by atoms with Gasteiger partial charge in [0.2, 0.25) is 0 Å². The quantitative estimate of drug-likeness (QED) is 0.165. The molecule has 3 aromatic rings. The first kappa shape index (κ1) is 24.9. The number of amides is 1. The average molecular weight is 511 g/mol. The Hall–Kier alpha value is -4.18. The van der Waals surface area contributed by atoms with Crippen molar-refractivity contribution in [3.05, 3.63) is 99.6 Å². The zero-order valence-electron chi connectivity index (χ0n) is 19.2. The minimum atomic E-state index is -1.28. The van der Waals surface area contributed by atoms with Gasteiger partial charge in [-0.2, -0.15) is 0 Å². The van der Waals surface area contributed by atoms with E-state index in [-0.39, 0.29) is 39.0 Å². The van der Waals surface area contributed by atoms with Gasteiger partial charge in [0, 0.05) is 5.56 Å². The van der Waals surface area contributed by atoms with E-state index in [2.05, 4.69) is 11.6 Å². The van der Waals surface area contributed by atoms with Crippen molar-refractivity contribution in [1.82, 2.24) is 4.98 Å². The lowest BCUT2D eigenvalue weighted by atomic mass is 9.95. The molecular weight excluding hydrogens is 490 g/mol. The van der Waals surface area contributed by atoms with Crippen molar-refractivity contribution in [2.45, 2.75) is 19.9 Å². The van der Waals surface area contributed by atoms with Crippen LogP contribution in [0.15, 0.2) is 60.7 Å². The molecule has 1 N–H and O–H groups in total. The van der Waals surface area contributed by atoms with E-state index < -0.39 is 41.1 Å². The third-order valence-corrected chi connectivity index (χ3v) is 6.70. The third kappa shape index (κ3) is 4.42. The number of ketones is 1. The summed E-state index contributed by atoms with van der Waals surface area (Å²) in [6.45, 7) is 6.52. The summed E-state index contributed by atoms with van der Waals surface area (Å²) in [6.07, 6.45) is 1.39. The van der Waals surface area contributed by atoms with Crippen LogP contribution in [0.1, 0.15) is 38.1 Å². The van der Waals surface area contributed by atoms with Gasteiger partial charge in [-0.05, 0) is 43.2 Å². The molecule has 10 heteroatoms. The van der Waals surface area contributed by atoms with Gasteiger partial charge in [0.05, 0.1) is 17.3 Å². The van der Waals surface area contributed by atoms with Crippen LogP contribution >= 0.6 is 11.3 Å². The molecule has 1 aromatic heterocycles. The number of benzene rings is 2. The number of hydrogen-bond acceptors (Lipinski definition) is 7. The number of nitrogens with zero attached hydrogens (tertiary/aromatic N) is 2. The first-order valence-electron chi connectivity index (χ1n) is 10.7. The highest BCUT2D eigenvalue weighted by Crippen LogP contribution is 2.44. The van der Waals surface area contributed by atoms with Crippen molar-refractivity contribution in [1.29, 1.82) is 0 Å². The van der Waals surface area contributed by atoms with Crippen LogP contribution in [0.25, 0.3) is 5.76 Å². The maximum atomic E-state index is 14.2. The lowest BCUT2D eigenvalue weighted by molar-refractivity contribution is -0.132. The number of aliphatic hydroxyl groups excluding tert-OH is 1. The Morgan fingerprint density at radius 2 is 1.97 bits per heavy atom. The number of rotatable bonds is 6. The Labute approximate surface area is 209 Å². The molecule has 4 rings (SSSR count). The third-order valence-electron chi connectivity index (χ3n) is 5.56. The molecule has 0 bridgehead atoms. The summed E-state index contributed by atoms with van der Waals surface area (Å²) in [5, 5.41) is 11.0. The minimum Gasteiger partial charge on any atom is -0.507 e. The Balaban J connectivity index is 1.90. The summed E-state index contributed by atoms with van der Waals surface area (Å²) in [5.41, 5.74) is 0.360. The van der Waals surface area contributed by atoms with Gasteiger partial charge in [0.1, 0.15) is 28.9 Å². The van der Waals surface area contributed by atoms with Gasteiger partial charge < -0.3 is 9.84 Å². The van der Waals surface area contributed by atoms with Gasteiger partial charge in [0.15, 0.2) is 5.13 Å². The van der Waals surface area contributed by atoms with E-state index in [4.69, 9.17) is 4.74 Å². The summed E-state index contributed by atoms with van der Waals surface area (Å²) >= 11 is 0.813. The van der Waals surface area contributed by atoms with Crippen LogP contribution in [-0.4, -0.2) is 34.4 Å². The van der Waals surface area contributed by atoms with Crippen molar-refractivity contribution in [2.75, 3.05) is 11.5 Å². The zero-order chi connectivity index (χ0) is 26.1. The van der Waals surface area contributed by atoms with E-state index >= 15 is 0 Å². The van der Waals surface area contributed by atoms with Crippen molar-refractivity contribution >= 4 is 39.9 Å². The average Bonchev–Trinajstić information content (AvgIpc) is 3.35.